The highest BCUT2D eigenvalue weighted by Crippen LogP contribution is 2.40. The molecule has 3 unspecified atom stereocenters. The minimum Gasteiger partial charge on any atom is -0.381 e. The summed E-state index contributed by atoms with van der Waals surface area (Å²) in [4.78, 5) is 2.70. The summed E-state index contributed by atoms with van der Waals surface area (Å²) >= 11 is 0. The van der Waals surface area contributed by atoms with Crippen molar-refractivity contribution in [2.24, 2.45) is 11.1 Å². The minimum atomic E-state index is 0.418. The highest BCUT2D eigenvalue weighted by atomic mass is 16.5. The van der Waals surface area contributed by atoms with E-state index in [0.717, 1.165) is 25.6 Å². The molecule has 0 radical (unpaired) electrons. The van der Waals surface area contributed by atoms with Gasteiger partial charge in [0.1, 0.15) is 0 Å². The second-order valence-electron chi connectivity index (χ2n) is 6.76. The SMILES string of the molecule is COC1CCN(C2CCCCC2(C)C)C(CN)C1. The quantitative estimate of drug-likeness (QED) is 0.840. The third-order valence-electron chi connectivity index (χ3n) is 5.17. The van der Waals surface area contributed by atoms with Crippen LogP contribution in [0.1, 0.15) is 52.4 Å². The second-order valence-corrected chi connectivity index (χ2v) is 6.76. The van der Waals surface area contributed by atoms with E-state index in [1.165, 1.54) is 32.1 Å². The summed E-state index contributed by atoms with van der Waals surface area (Å²) in [5.74, 6) is 0. The molecule has 1 aliphatic heterocycles. The summed E-state index contributed by atoms with van der Waals surface area (Å²) < 4.78 is 5.53. The summed E-state index contributed by atoms with van der Waals surface area (Å²) in [6, 6.07) is 1.24. The normalized spacial score (nSPS) is 37.7. The lowest BCUT2D eigenvalue weighted by atomic mass is 9.71. The third-order valence-corrected chi connectivity index (χ3v) is 5.17. The number of ether oxygens (including phenoxy) is 1. The molecule has 1 heterocycles. The van der Waals surface area contributed by atoms with Crippen molar-refractivity contribution in [3.63, 3.8) is 0 Å². The fraction of sp³-hybridized carbons (Fsp3) is 1.00. The average molecular weight is 254 g/mol. The monoisotopic (exact) mass is 254 g/mol. The van der Waals surface area contributed by atoms with Crippen molar-refractivity contribution in [2.45, 2.75) is 70.6 Å². The summed E-state index contributed by atoms with van der Waals surface area (Å²) in [7, 11) is 1.83. The van der Waals surface area contributed by atoms with Gasteiger partial charge < -0.3 is 10.5 Å². The van der Waals surface area contributed by atoms with Gasteiger partial charge in [0.15, 0.2) is 0 Å². The van der Waals surface area contributed by atoms with Gasteiger partial charge in [0.25, 0.3) is 0 Å². The van der Waals surface area contributed by atoms with Gasteiger partial charge in [-0.3, -0.25) is 4.90 Å². The highest BCUT2D eigenvalue weighted by molar-refractivity contribution is 4.95. The van der Waals surface area contributed by atoms with Crippen molar-refractivity contribution < 1.29 is 4.74 Å². The topological polar surface area (TPSA) is 38.5 Å². The molecule has 1 saturated heterocycles. The predicted octanol–water partition coefficient (Wildman–Crippen LogP) is 2.39. The zero-order valence-corrected chi connectivity index (χ0v) is 12.3. The van der Waals surface area contributed by atoms with Crippen LogP contribution in [0.25, 0.3) is 0 Å². The maximum atomic E-state index is 6.01. The molecule has 2 N–H and O–H groups in total. The average Bonchev–Trinajstić information content (AvgIpc) is 2.37. The molecule has 0 aromatic heterocycles. The van der Waals surface area contributed by atoms with Gasteiger partial charge in [0.05, 0.1) is 6.10 Å². The van der Waals surface area contributed by atoms with Crippen molar-refractivity contribution in [2.75, 3.05) is 20.2 Å². The Morgan fingerprint density at radius 3 is 2.67 bits per heavy atom. The van der Waals surface area contributed by atoms with Crippen molar-refractivity contribution in [3.05, 3.63) is 0 Å². The van der Waals surface area contributed by atoms with Crippen LogP contribution in [-0.2, 0) is 4.74 Å². The van der Waals surface area contributed by atoms with E-state index in [1.807, 2.05) is 7.11 Å². The predicted molar refractivity (Wildman–Crippen MR) is 75.6 cm³/mol. The van der Waals surface area contributed by atoms with Crippen LogP contribution < -0.4 is 5.73 Å². The molecule has 0 aromatic rings. The number of nitrogens with zero attached hydrogens (tertiary/aromatic N) is 1. The fourth-order valence-electron chi connectivity index (χ4n) is 3.98. The summed E-state index contributed by atoms with van der Waals surface area (Å²) in [5.41, 5.74) is 6.46. The highest BCUT2D eigenvalue weighted by Gasteiger charge is 2.40. The Bertz CT molecular complexity index is 267. The minimum absolute atomic E-state index is 0.418. The molecule has 1 aliphatic carbocycles. The molecule has 0 spiro atoms. The van der Waals surface area contributed by atoms with Crippen LogP contribution in [0.15, 0.2) is 0 Å². The number of piperidine rings is 1. The number of likely N-dealkylation sites (tertiary alicyclic amines) is 1. The largest absolute Gasteiger partial charge is 0.381 e. The molecule has 18 heavy (non-hydrogen) atoms. The summed E-state index contributed by atoms with van der Waals surface area (Å²) in [6.07, 6.45) is 8.18. The zero-order valence-electron chi connectivity index (χ0n) is 12.3. The molecule has 0 bridgehead atoms. The Kier molecular flexibility index (Phi) is 4.68. The Morgan fingerprint density at radius 2 is 2.06 bits per heavy atom. The van der Waals surface area contributed by atoms with Crippen molar-refractivity contribution in [1.82, 2.24) is 4.90 Å². The molecule has 2 rings (SSSR count). The third kappa shape index (κ3) is 2.89. The second kappa shape index (κ2) is 5.89. The molecule has 1 saturated carbocycles. The number of hydrogen-bond donors (Lipinski definition) is 1. The van der Waals surface area contributed by atoms with E-state index < -0.39 is 0 Å². The molecular weight excluding hydrogens is 224 g/mol. The van der Waals surface area contributed by atoms with Gasteiger partial charge in [-0.15, -0.1) is 0 Å². The van der Waals surface area contributed by atoms with Crippen molar-refractivity contribution in [3.8, 4) is 0 Å². The van der Waals surface area contributed by atoms with Gasteiger partial charge in [0.2, 0.25) is 0 Å². The van der Waals surface area contributed by atoms with E-state index in [1.54, 1.807) is 0 Å². The Hall–Kier alpha value is -0.120. The molecule has 106 valence electrons. The van der Waals surface area contributed by atoms with Gasteiger partial charge in [-0.2, -0.15) is 0 Å². The van der Waals surface area contributed by atoms with Crippen molar-refractivity contribution >= 4 is 0 Å². The van der Waals surface area contributed by atoms with E-state index in [9.17, 15) is 0 Å². The van der Waals surface area contributed by atoms with Gasteiger partial charge in [0, 0.05) is 32.3 Å². The van der Waals surface area contributed by atoms with E-state index in [2.05, 4.69) is 18.7 Å². The van der Waals surface area contributed by atoms with E-state index in [-0.39, 0.29) is 0 Å². The Labute approximate surface area is 112 Å². The van der Waals surface area contributed by atoms with Gasteiger partial charge in [-0.05, 0) is 31.1 Å². The number of methoxy groups -OCH3 is 1. The van der Waals surface area contributed by atoms with Crippen LogP contribution in [0.3, 0.4) is 0 Å². The summed E-state index contributed by atoms with van der Waals surface area (Å²) in [5, 5.41) is 0. The molecule has 2 aliphatic rings. The lowest BCUT2D eigenvalue weighted by Crippen LogP contribution is -2.57. The molecule has 3 nitrogen and oxygen atoms in total. The number of rotatable bonds is 3. The van der Waals surface area contributed by atoms with Crippen LogP contribution in [0.4, 0.5) is 0 Å². The number of nitrogens with two attached hydrogens (primary N) is 1. The first-order valence-electron chi connectivity index (χ1n) is 7.57. The van der Waals surface area contributed by atoms with Crippen LogP contribution in [-0.4, -0.2) is 43.3 Å². The van der Waals surface area contributed by atoms with Gasteiger partial charge >= 0.3 is 0 Å². The van der Waals surface area contributed by atoms with Crippen molar-refractivity contribution in [1.29, 1.82) is 0 Å². The molecule has 0 aromatic carbocycles. The van der Waals surface area contributed by atoms with Crippen LogP contribution >= 0.6 is 0 Å². The van der Waals surface area contributed by atoms with Gasteiger partial charge in [-0.25, -0.2) is 0 Å². The molecule has 0 amide bonds. The van der Waals surface area contributed by atoms with E-state index in [4.69, 9.17) is 10.5 Å². The standard InChI is InChI=1S/C15H30N2O/c1-15(2)8-5-4-6-14(15)17-9-7-13(18-3)10-12(17)11-16/h12-14H,4-11,16H2,1-3H3. The first-order valence-corrected chi connectivity index (χ1v) is 7.57. The first kappa shape index (κ1) is 14.3. The molecule has 2 fully saturated rings. The smallest absolute Gasteiger partial charge is 0.0599 e. The fourth-order valence-corrected chi connectivity index (χ4v) is 3.98. The molecule has 3 atom stereocenters. The summed E-state index contributed by atoms with van der Waals surface area (Å²) in [6.45, 7) is 6.81. The molecule has 3 heteroatoms. The molecular formula is C15H30N2O. The lowest BCUT2D eigenvalue weighted by molar-refractivity contribution is -0.0431. The maximum Gasteiger partial charge on any atom is 0.0599 e. The first-order chi connectivity index (χ1) is 8.58. The number of hydrogen-bond acceptors (Lipinski definition) is 3. The van der Waals surface area contributed by atoms with E-state index in [0.29, 0.717) is 17.6 Å². The van der Waals surface area contributed by atoms with Gasteiger partial charge in [-0.1, -0.05) is 26.7 Å². The zero-order chi connectivity index (χ0) is 13.2. The van der Waals surface area contributed by atoms with Crippen LogP contribution in [0.2, 0.25) is 0 Å². The van der Waals surface area contributed by atoms with Crippen LogP contribution in [0, 0.1) is 5.41 Å². The Morgan fingerprint density at radius 1 is 1.28 bits per heavy atom. The maximum absolute atomic E-state index is 6.01. The Balaban J connectivity index is 2.06. The lowest BCUT2D eigenvalue weighted by Gasteiger charge is -2.51. The van der Waals surface area contributed by atoms with E-state index >= 15 is 0 Å². The van der Waals surface area contributed by atoms with Crippen LogP contribution in [0.5, 0.6) is 0 Å².